The number of esters is 1. The average Bonchev–Trinajstić information content (AvgIpc) is 3.37. The largest absolute Gasteiger partial charge is 0.485 e. The summed E-state index contributed by atoms with van der Waals surface area (Å²) in [6.07, 6.45) is 0. The molecular weight excluding hydrogens is 467 g/mol. The van der Waals surface area contributed by atoms with Crippen LogP contribution in [0.5, 0.6) is 5.75 Å². The van der Waals surface area contributed by atoms with Gasteiger partial charge in [0, 0.05) is 11.1 Å². The van der Waals surface area contributed by atoms with Crippen LogP contribution in [0.25, 0.3) is 22.3 Å². The van der Waals surface area contributed by atoms with E-state index in [2.05, 4.69) is 10.1 Å². The van der Waals surface area contributed by atoms with Crippen molar-refractivity contribution in [2.24, 2.45) is 0 Å². The molecular formula is C27H19FN2O6. The third-order valence-corrected chi connectivity index (χ3v) is 5.42. The number of para-hydroxylation sites is 1. The van der Waals surface area contributed by atoms with Gasteiger partial charge in [-0.3, -0.25) is 4.79 Å². The van der Waals surface area contributed by atoms with E-state index in [9.17, 15) is 14.0 Å². The van der Waals surface area contributed by atoms with Gasteiger partial charge in [-0.25, -0.2) is 9.18 Å². The minimum Gasteiger partial charge on any atom is -0.485 e. The molecule has 3 aromatic carbocycles. The highest BCUT2D eigenvalue weighted by atomic mass is 19.1. The van der Waals surface area contributed by atoms with Gasteiger partial charge >= 0.3 is 5.97 Å². The van der Waals surface area contributed by atoms with E-state index in [0.717, 1.165) is 5.56 Å². The quantitative estimate of drug-likeness (QED) is 0.288. The molecule has 0 N–H and O–H groups in total. The molecule has 2 aromatic heterocycles. The molecule has 0 saturated carbocycles. The maximum Gasteiger partial charge on any atom is 0.342 e. The van der Waals surface area contributed by atoms with Crippen molar-refractivity contribution < 1.29 is 27.6 Å². The van der Waals surface area contributed by atoms with E-state index in [-0.39, 0.29) is 52.7 Å². The number of aromatic nitrogens is 2. The van der Waals surface area contributed by atoms with Crippen molar-refractivity contribution in [2.75, 3.05) is 0 Å². The minimum absolute atomic E-state index is 0.0147. The summed E-state index contributed by atoms with van der Waals surface area (Å²) in [4.78, 5) is 30.0. The van der Waals surface area contributed by atoms with Crippen LogP contribution in [0.2, 0.25) is 0 Å². The lowest BCUT2D eigenvalue weighted by Gasteiger charge is -2.10. The number of hydrogen-bond acceptors (Lipinski definition) is 8. The highest BCUT2D eigenvalue weighted by molar-refractivity contribution is 6.02. The maximum absolute atomic E-state index is 13.0. The summed E-state index contributed by atoms with van der Waals surface area (Å²) in [5.41, 5.74) is 1.17. The van der Waals surface area contributed by atoms with Gasteiger partial charge < -0.3 is 18.4 Å². The molecule has 0 radical (unpaired) electrons. The van der Waals surface area contributed by atoms with Crippen molar-refractivity contribution >= 4 is 16.9 Å². The SMILES string of the molecule is Cc1c(-c2ccccc2)oc2c(C(=O)OCc3nc(COc4ccc(F)cc4)no3)cccc2c1=O. The Labute approximate surface area is 203 Å². The van der Waals surface area contributed by atoms with Gasteiger partial charge in [-0.1, -0.05) is 41.6 Å². The van der Waals surface area contributed by atoms with E-state index < -0.39 is 5.97 Å². The number of carbonyl (C=O) groups is 1. The van der Waals surface area contributed by atoms with Crippen molar-refractivity contribution in [3.05, 3.63) is 112 Å². The number of benzene rings is 3. The number of ether oxygens (including phenoxy) is 2. The van der Waals surface area contributed by atoms with E-state index in [1.165, 1.54) is 30.3 Å². The molecule has 5 aromatic rings. The maximum atomic E-state index is 13.0. The molecule has 0 spiro atoms. The first-order valence-electron chi connectivity index (χ1n) is 11.0. The second-order valence-electron chi connectivity index (χ2n) is 7.86. The molecule has 0 atom stereocenters. The zero-order chi connectivity index (χ0) is 25.1. The van der Waals surface area contributed by atoms with E-state index in [0.29, 0.717) is 17.1 Å². The molecule has 0 aliphatic carbocycles. The Morgan fingerprint density at radius 1 is 0.972 bits per heavy atom. The standard InChI is InChI=1S/C27H19FN2O6/c1-16-24(31)20-8-5-9-21(26(20)35-25(16)17-6-3-2-4-7-17)27(32)34-15-23-29-22(30-36-23)14-33-19-12-10-18(28)11-13-19/h2-13H,14-15H2,1H3. The molecule has 0 unspecified atom stereocenters. The number of rotatable bonds is 7. The molecule has 0 saturated heterocycles. The summed E-state index contributed by atoms with van der Waals surface area (Å²) in [5.74, 6) is 0.0256. The Hall–Kier alpha value is -4.79. The van der Waals surface area contributed by atoms with E-state index in [1.807, 2.05) is 30.3 Å². The molecule has 0 aliphatic rings. The molecule has 0 bridgehead atoms. The molecule has 0 amide bonds. The lowest BCUT2D eigenvalue weighted by molar-refractivity contribution is 0.0431. The second kappa shape index (κ2) is 9.83. The fraction of sp³-hybridized carbons (Fsp3) is 0.111. The van der Waals surface area contributed by atoms with Crippen molar-refractivity contribution in [1.82, 2.24) is 10.1 Å². The Kier molecular flexibility index (Phi) is 6.27. The zero-order valence-corrected chi connectivity index (χ0v) is 19.1. The second-order valence-corrected chi connectivity index (χ2v) is 7.86. The molecule has 0 fully saturated rings. The van der Waals surface area contributed by atoms with Crippen LogP contribution in [0, 0.1) is 12.7 Å². The van der Waals surface area contributed by atoms with Crippen molar-refractivity contribution in [3.63, 3.8) is 0 Å². The van der Waals surface area contributed by atoms with Gasteiger partial charge in [0.15, 0.2) is 24.2 Å². The van der Waals surface area contributed by atoms with Crippen molar-refractivity contribution in [2.45, 2.75) is 20.1 Å². The third-order valence-electron chi connectivity index (χ3n) is 5.42. The van der Waals surface area contributed by atoms with Crippen LogP contribution in [0.15, 0.2) is 86.5 Å². The van der Waals surface area contributed by atoms with Gasteiger partial charge in [-0.05, 0) is 43.3 Å². The van der Waals surface area contributed by atoms with Gasteiger partial charge in [0.05, 0.1) is 5.39 Å². The molecule has 9 heteroatoms. The third kappa shape index (κ3) is 4.72. The Morgan fingerprint density at radius 2 is 1.75 bits per heavy atom. The Balaban J connectivity index is 1.32. The first-order valence-corrected chi connectivity index (χ1v) is 11.0. The number of fused-ring (bicyclic) bond motifs is 1. The van der Waals surface area contributed by atoms with Crippen LogP contribution in [0.1, 0.15) is 27.6 Å². The van der Waals surface area contributed by atoms with Crippen LogP contribution >= 0.6 is 0 Å². The van der Waals surface area contributed by atoms with Gasteiger partial charge in [-0.2, -0.15) is 4.98 Å². The Bertz CT molecular complexity index is 1590. The van der Waals surface area contributed by atoms with Crippen LogP contribution in [-0.2, 0) is 18.0 Å². The number of hydrogen-bond donors (Lipinski definition) is 0. The predicted molar refractivity (Wildman–Crippen MR) is 127 cm³/mol. The lowest BCUT2D eigenvalue weighted by atomic mass is 10.0. The first kappa shape index (κ1) is 23.0. The lowest BCUT2D eigenvalue weighted by Crippen LogP contribution is -2.11. The topological polar surface area (TPSA) is 105 Å². The van der Waals surface area contributed by atoms with Crippen LogP contribution in [0.3, 0.4) is 0 Å². The average molecular weight is 486 g/mol. The van der Waals surface area contributed by atoms with Gasteiger partial charge in [0.25, 0.3) is 5.89 Å². The summed E-state index contributed by atoms with van der Waals surface area (Å²) in [6.45, 7) is 1.38. The number of carbonyl (C=O) groups excluding carboxylic acids is 1. The summed E-state index contributed by atoms with van der Waals surface area (Å²) < 4.78 is 35.0. The van der Waals surface area contributed by atoms with Crippen molar-refractivity contribution in [3.8, 4) is 17.1 Å². The van der Waals surface area contributed by atoms with Gasteiger partial charge in [0.1, 0.15) is 22.9 Å². The molecule has 2 heterocycles. The predicted octanol–water partition coefficient (Wildman–Crippen LogP) is 5.23. The first-order chi connectivity index (χ1) is 17.5. The Morgan fingerprint density at radius 3 is 2.53 bits per heavy atom. The smallest absolute Gasteiger partial charge is 0.342 e. The van der Waals surface area contributed by atoms with Crippen LogP contribution in [0.4, 0.5) is 4.39 Å². The van der Waals surface area contributed by atoms with Gasteiger partial charge in [0.2, 0.25) is 5.82 Å². The minimum atomic E-state index is -0.714. The fourth-order valence-electron chi connectivity index (χ4n) is 3.63. The number of nitrogens with zero attached hydrogens (tertiary/aromatic N) is 2. The highest BCUT2D eigenvalue weighted by Crippen LogP contribution is 2.27. The van der Waals surface area contributed by atoms with Crippen LogP contribution < -0.4 is 10.2 Å². The summed E-state index contributed by atoms with van der Waals surface area (Å²) in [7, 11) is 0. The van der Waals surface area contributed by atoms with E-state index in [1.54, 1.807) is 19.1 Å². The zero-order valence-electron chi connectivity index (χ0n) is 19.1. The fourth-order valence-corrected chi connectivity index (χ4v) is 3.63. The molecule has 5 rings (SSSR count). The molecule has 36 heavy (non-hydrogen) atoms. The summed E-state index contributed by atoms with van der Waals surface area (Å²) >= 11 is 0. The monoisotopic (exact) mass is 486 g/mol. The van der Waals surface area contributed by atoms with Crippen molar-refractivity contribution in [1.29, 1.82) is 0 Å². The molecule has 180 valence electrons. The normalized spacial score (nSPS) is 10.9. The van der Waals surface area contributed by atoms with E-state index >= 15 is 0 Å². The summed E-state index contributed by atoms with van der Waals surface area (Å²) in [5, 5.41) is 4.06. The summed E-state index contributed by atoms with van der Waals surface area (Å²) in [6, 6.07) is 19.4. The highest BCUT2D eigenvalue weighted by Gasteiger charge is 2.20. The molecule has 0 aliphatic heterocycles. The van der Waals surface area contributed by atoms with Gasteiger partial charge in [-0.15, -0.1) is 0 Å². The van der Waals surface area contributed by atoms with Crippen LogP contribution in [-0.4, -0.2) is 16.1 Å². The number of halogens is 1. The molecule has 8 nitrogen and oxygen atoms in total. The van der Waals surface area contributed by atoms with E-state index in [4.69, 9.17) is 18.4 Å².